The smallest absolute Gasteiger partial charge is 0.359 e. The third kappa shape index (κ3) is 2.61. The van der Waals surface area contributed by atoms with E-state index in [4.69, 9.17) is 16.2 Å². The second kappa shape index (κ2) is 5.52. The summed E-state index contributed by atoms with van der Waals surface area (Å²) in [4.78, 5) is 22.9. The van der Waals surface area contributed by atoms with Gasteiger partial charge in [-0.05, 0) is 12.8 Å². The highest BCUT2D eigenvalue weighted by molar-refractivity contribution is 5.95. The number of nitrogens with two attached hydrogens (primary N) is 2. The van der Waals surface area contributed by atoms with Crippen molar-refractivity contribution in [1.29, 1.82) is 0 Å². The Morgan fingerprint density at radius 2 is 2.06 bits per heavy atom. The van der Waals surface area contributed by atoms with Crippen molar-refractivity contribution in [2.75, 3.05) is 5.73 Å². The topological polar surface area (TPSA) is 113 Å². The van der Waals surface area contributed by atoms with Crippen molar-refractivity contribution < 1.29 is 14.3 Å². The molecule has 100 valence electrons. The van der Waals surface area contributed by atoms with E-state index in [9.17, 15) is 9.59 Å². The molecule has 0 fully saturated rings. The number of esters is 1. The minimum atomic E-state index is -0.947. The first-order chi connectivity index (χ1) is 8.42. The molecule has 18 heavy (non-hydrogen) atoms. The van der Waals surface area contributed by atoms with Gasteiger partial charge in [0.2, 0.25) is 0 Å². The van der Waals surface area contributed by atoms with Crippen molar-refractivity contribution in [2.45, 2.75) is 32.8 Å². The molecule has 1 unspecified atom stereocenters. The minimum absolute atomic E-state index is 0.145. The number of hydrogen-bond acceptors (Lipinski definition) is 5. The van der Waals surface area contributed by atoms with Crippen LogP contribution in [0.15, 0.2) is 0 Å². The summed E-state index contributed by atoms with van der Waals surface area (Å²) < 4.78 is 6.36. The Balaban J connectivity index is 2.97. The van der Waals surface area contributed by atoms with Crippen LogP contribution < -0.4 is 11.5 Å². The molecule has 0 aliphatic heterocycles. The number of carbonyl (C=O) groups is 2. The number of amides is 1. The monoisotopic (exact) mass is 254 g/mol. The van der Waals surface area contributed by atoms with Crippen LogP contribution in [-0.4, -0.2) is 27.8 Å². The summed E-state index contributed by atoms with van der Waals surface area (Å²) in [6, 6.07) is 0. The van der Waals surface area contributed by atoms with Gasteiger partial charge < -0.3 is 16.2 Å². The molecule has 1 atom stereocenters. The van der Waals surface area contributed by atoms with Gasteiger partial charge >= 0.3 is 5.97 Å². The van der Waals surface area contributed by atoms with Crippen molar-refractivity contribution in [3.63, 3.8) is 0 Å². The normalized spacial score (nSPS) is 12.2. The quantitative estimate of drug-likeness (QED) is 0.717. The van der Waals surface area contributed by atoms with Gasteiger partial charge in [-0.25, -0.2) is 4.79 Å². The summed E-state index contributed by atoms with van der Waals surface area (Å²) in [5.74, 6) is -1.37. The maximum atomic E-state index is 11.9. The van der Waals surface area contributed by atoms with Gasteiger partial charge in [-0.3, -0.25) is 9.48 Å². The van der Waals surface area contributed by atoms with Crippen molar-refractivity contribution in [3.8, 4) is 0 Å². The van der Waals surface area contributed by atoms with Crippen LogP contribution in [0.5, 0.6) is 0 Å². The van der Waals surface area contributed by atoms with E-state index in [1.807, 2.05) is 6.92 Å². The Morgan fingerprint density at radius 1 is 1.44 bits per heavy atom. The molecule has 0 aliphatic carbocycles. The summed E-state index contributed by atoms with van der Waals surface area (Å²) in [7, 11) is 1.59. The molecular weight excluding hydrogens is 236 g/mol. The van der Waals surface area contributed by atoms with E-state index < -0.39 is 18.0 Å². The zero-order valence-corrected chi connectivity index (χ0v) is 10.8. The number of carbonyl (C=O) groups excluding carboxylic acids is 2. The number of anilines is 1. The van der Waals surface area contributed by atoms with Crippen LogP contribution >= 0.6 is 0 Å². The molecule has 0 saturated carbocycles. The van der Waals surface area contributed by atoms with Gasteiger partial charge in [0.1, 0.15) is 0 Å². The highest BCUT2D eigenvalue weighted by atomic mass is 16.5. The third-order valence-corrected chi connectivity index (χ3v) is 2.63. The van der Waals surface area contributed by atoms with E-state index in [0.29, 0.717) is 18.5 Å². The third-order valence-electron chi connectivity index (χ3n) is 2.63. The van der Waals surface area contributed by atoms with Crippen molar-refractivity contribution >= 4 is 17.6 Å². The molecule has 0 radical (unpaired) electrons. The number of nitrogens with zero attached hydrogens (tertiary/aromatic N) is 2. The van der Waals surface area contributed by atoms with Crippen LogP contribution in [0.2, 0.25) is 0 Å². The van der Waals surface area contributed by atoms with Gasteiger partial charge in [0, 0.05) is 7.05 Å². The number of aryl methyl sites for hydroxylation is 2. The summed E-state index contributed by atoms with van der Waals surface area (Å²) in [6.07, 6.45) is -0.0173. The zero-order valence-electron chi connectivity index (χ0n) is 10.8. The summed E-state index contributed by atoms with van der Waals surface area (Å²) >= 11 is 0. The fourth-order valence-electron chi connectivity index (χ4n) is 1.63. The van der Waals surface area contributed by atoms with Gasteiger partial charge in [0.25, 0.3) is 5.91 Å². The maximum Gasteiger partial charge on any atom is 0.359 e. The van der Waals surface area contributed by atoms with Crippen molar-refractivity contribution in [2.24, 2.45) is 12.8 Å². The predicted octanol–water partition coefficient (Wildman–Crippen LogP) is -0.0146. The van der Waals surface area contributed by atoms with Crippen LogP contribution in [0, 0.1) is 0 Å². The van der Waals surface area contributed by atoms with Crippen molar-refractivity contribution in [3.05, 3.63) is 11.4 Å². The van der Waals surface area contributed by atoms with E-state index in [-0.39, 0.29) is 11.4 Å². The van der Waals surface area contributed by atoms with E-state index in [1.54, 1.807) is 14.0 Å². The Bertz CT molecular complexity index is 467. The van der Waals surface area contributed by atoms with Gasteiger partial charge in [-0.15, -0.1) is 0 Å². The first kappa shape index (κ1) is 14.0. The lowest BCUT2D eigenvalue weighted by atomic mass is 10.2. The fraction of sp³-hybridized carbons (Fsp3) is 0.545. The Hall–Kier alpha value is -2.05. The molecule has 7 nitrogen and oxygen atoms in total. The number of nitrogen functional groups attached to an aromatic ring is 1. The first-order valence-corrected chi connectivity index (χ1v) is 5.73. The summed E-state index contributed by atoms with van der Waals surface area (Å²) in [5.41, 5.74) is 12.0. The molecule has 0 aliphatic rings. The van der Waals surface area contributed by atoms with Gasteiger partial charge in [0.15, 0.2) is 11.8 Å². The van der Waals surface area contributed by atoms with Crippen LogP contribution in [0.3, 0.4) is 0 Å². The van der Waals surface area contributed by atoms with Gasteiger partial charge in [-0.2, -0.15) is 5.10 Å². The molecule has 1 rings (SSSR count). The van der Waals surface area contributed by atoms with E-state index in [1.165, 1.54) is 4.68 Å². The average molecular weight is 254 g/mol. The number of hydrogen-bond donors (Lipinski definition) is 2. The zero-order chi connectivity index (χ0) is 13.9. The highest BCUT2D eigenvalue weighted by Gasteiger charge is 2.25. The second-order valence-electron chi connectivity index (χ2n) is 3.89. The molecular formula is C11H18N4O3. The standard InChI is InChI=1S/C11H18N4O3/c1-4-6-8(12)9(15(3)14-6)11(17)18-7(5-2)10(13)16/h7H,4-5,12H2,1-3H3,(H2,13,16). The minimum Gasteiger partial charge on any atom is -0.448 e. The molecule has 0 saturated heterocycles. The fourth-order valence-corrected chi connectivity index (χ4v) is 1.63. The molecule has 1 heterocycles. The molecule has 4 N–H and O–H groups in total. The average Bonchev–Trinajstić information content (AvgIpc) is 2.60. The lowest BCUT2D eigenvalue weighted by Gasteiger charge is -2.12. The van der Waals surface area contributed by atoms with E-state index in [0.717, 1.165) is 0 Å². The second-order valence-corrected chi connectivity index (χ2v) is 3.89. The molecule has 7 heteroatoms. The molecule has 1 aromatic heterocycles. The van der Waals surface area contributed by atoms with E-state index >= 15 is 0 Å². The van der Waals surface area contributed by atoms with Gasteiger partial charge in [0.05, 0.1) is 11.4 Å². The maximum absolute atomic E-state index is 11.9. The lowest BCUT2D eigenvalue weighted by molar-refractivity contribution is -0.126. The van der Waals surface area contributed by atoms with Crippen LogP contribution in [0.1, 0.15) is 36.5 Å². The SMILES string of the molecule is CCc1nn(C)c(C(=O)OC(CC)C(N)=O)c1N. The Morgan fingerprint density at radius 3 is 2.44 bits per heavy atom. The highest BCUT2D eigenvalue weighted by Crippen LogP contribution is 2.18. The lowest BCUT2D eigenvalue weighted by Crippen LogP contribution is -2.33. The number of aromatic nitrogens is 2. The Kier molecular flexibility index (Phi) is 4.30. The van der Waals surface area contributed by atoms with E-state index in [2.05, 4.69) is 5.10 Å². The number of ether oxygens (including phenoxy) is 1. The van der Waals surface area contributed by atoms with Gasteiger partial charge in [-0.1, -0.05) is 13.8 Å². The van der Waals surface area contributed by atoms with Crippen molar-refractivity contribution in [1.82, 2.24) is 9.78 Å². The van der Waals surface area contributed by atoms with Crippen LogP contribution in [0.4, 0.5) is 5.69 Å². The molecule has 0 bridgehead atoms. The number of rotatable bonds is 5. The summed E-state index contributed by atoms with van der Waals surface area (Å²) in [6.45, 7) is 3.58. The molecule has 1 aromatic rings. The summed E-state index contributed by atoms with van der Waals surface area (Å²) in [5, 5.41) is 4.10. The molecule has 1 amide bonds. The number of primary amides is 1. The molecule has 0 aromatic carbocycles. The first-order valence-electron chi connectivity index (χ1n) is 5.73. The molecule has 0 spiro atoms. The van der Waals surface area contributed by atoms with Crippen LogP contribution in [-0.2, 0) is 23.0 Å². The largest absolute Gasteiger partial charge is 0.448 e. The predicted molar refractivity (Wildman–Crippen MR) is 65.7 cm³/mol. The Labute approximate surface area is 105 Å². The van der Waals surface area contributed by atoms with Crippen LogP contribution in [0.25, 0.3) is 0 Å².